The number of hydrogen-bond acceptors (Lipinski definition) is 6. The summed E-state index contributed by atoms with van der Waals surface area (Å²) in [6.07, 6.45) is 6.29. The van der Waals surface area contributed by atoms with Gasteiger partial charge in [-0.1, -0.05) is 32.8 Å². The van der Waals surface area contributed by atoms with Crippen molar-refractivity contribution < 1.29 is 23.9 Å². The average Bonchev–Trinajstić information content (AvgIpc) is 3.46. The summed E-state index contributed by atoms with van der Waals surface area (Å²) in [5.41, 5.74) is 0.189. The quantitative estimate of drug-likeness (QED) is 0.393. The highest BCUT2D eigenvalue weighted by Crippen LogP contribution is 2.31. The molecule has 1 saturated carbocycles. The van der Waals surface area contributed by atoms with Crippen molar-refractivity contribution in [2.45, 2.75) is 69.2 Å². The normalized spacial score (nSPS) is 16.8. The molecule has 1 fully saturated rings. The van der Waals surface area contributed by atoms with E-state index < -0.39 is 28.7 Å². The molecule has 0 radical (unpaired) electrons. The zero-order valence-electron chi connectivity index (χ0n) is 18.9. The van der Waals surface area contributed by atoms with Gasteiger partial charge in [0.15, 0.2) is 5.76 Å². The van der Waals surface area contributed by atoms with Gasteiger partial charge >= 0.3 is 5.97 Å². The second-order valence-electron chi connectivity index (χ2n) is 9.02. The van der Waals surface area contributed by atoms with E-state index in [2.05, 4.69) is 28.2 Å². The van der Waals surface area contributed by atoms with Crippen molar-refractivity contribution in [2.75, 3.05) is 0 Å². The van der Waals surface area contributed by atoms with E-state index in [0.717, 1.165) is 12.8 Å². The molecule has 33 heavy (non-hydrogen) atoms. The highest BCUT2D eigenvalue weighted by atomic mass is 32.1. The van der Waals surface area contributed by atoms with Gasteiger partial charge < -0.3 is 20.2 Å². The fraction of sp³-hybridized carbons (Fsp3) is 0.500. The monoisotopic (exact) mass is 473 g/mol. The molecular weight excluding hydrogens is 442 g/mol. The first-order valence-corrected chi connectivity index (χ1v) is 11.7. The van der Waals surface area contributed by atoms with E-state index in [1.807, 2.05) is 13.8 Å². The van der Waals surface area contributed by atoms with Crippen molar-refractivity contribution in [2.24, 2.45) is 5.92 Å². The topological polar surface area (TPSA) is 122 Å². The zero-order valence-corrected chi connectivity index (χ0v) is 19.8. The van der Waals surface area contributed by atoms with Crippen LogP contribution in [0.15, 0.2) is 41.1 Å². The van der Waals surface area contributed by atoms with Gasteiger partial charge in [-0.3, -0.25) is 14.6 Å². The third-order valence-corrected chi connectivity index (χ3v) is 6.34. The second-order valence-corrected chi connectivity index (χ2v) is 9.64. The van der Waals surface area contributed by atoms with Crippen molar-refractivity contribution in [1.82, 2.24) is 15.6 Å². The van der Waals surface area contributed by atoms with E-state index in [-0.39, 0.29) is 18.2 Å². The number of carboxylic acids is 1. The molecule has 178 valence electrons. The number of thiol groups is 1. The third-order valence-electron chi connectivity index (χ3n) is 5.89. The molecular formula is C24H31N3O5S. The number of aromatic nitrogens is 1. The number of pyridine rings is 1. The minimum Gasteiger partial charge on any atom is -0.480 e. The fourth-order valence-electron chi connectivity index (χ4n) is 4.11. The van der Waals surface area contributed by atoms with Crippen LogP contribution in [0.3, 0.4) is 0 Å². The largest absolute Gasteiger partial charge is 0.480 e. The van der Waals surface area contributed by atoms with E-state index in [9.17, 15) is 19.5 Å². The lowest BCUT2D eigenvalue weighted by molar-refractivity contribution is -0.143. The molecule has 0 saturated heterocycles. The van der Waals surface area contributed by atoms with Crippen LogP contribution in [0.1, 0.15) is 51.5 Å². The Morgan fingerprint density at radius 2 is 1.94 bits per heavy atom. The molecule has 2 amide bonds. The lowest BCUT2D eigenvalue weighted by atomic mass is 9.94. The summed E-state index contributed by atoms with van der Waals surface area (Å²) >= 11 is 4.39. The number of aliphatic carboxylic acids is 1. The van der Waals surface area contributed by atoms with Crippen molar-refractivity contribution >= 4 is 30.4 Å². The Kier molecular flexibility index (Phi) is 8.18. The molecule has 2 aromatic rings. The zero-order chi connectivity index (χ0) is 24.0. The molecule has 9 heteroatoms. The van der Waals surface area contributed by atoms with Crippen LogP contribution in [-0.4, -0.2) is 44.7 Å². The maximum Gasteiger partial charge on any atom is 0.326 e. The molecule has 2 heterocycles. The van der Waals surface area contributed by atoms with Crippen LogP contribution in [-0.2, 0) is 20.8 Å². The number of nitrogens with one attached hydrogen (secondary N) is 2. The molecule has 3 N–H and O–H groups in total. The number of carboxylic acid groups (broad SMARTS) is 1. The van der Waals surface area contributed by atoms with Gasteiger partial charge in [0.25, 0.3) is 0 Å². The van der Waals surface area contributed by atoms with Gasteiger partial charge in [0.2, 0.25) is 11.8 Å². The Balaban J connectivity index is 1.68. The third kappa shape index (κ3) is 6.37. The molecule has 0 aromatic carbocycles. The number of carbonyl (C=O) groups excluding carboxylic acids is 2. The smallest absolute Gasteiger partial charge is 0.326 e. The SMILES string of the molecule is CC(C)CC(S)C(=O)NC1(C(=O)NC(Cc2ccc(-c3ccco3)nc2)C(=O)O)CCCC1. The van der Waals surface area contributed by atoms with Crippen LogP contribution in [0.4, 0.5) is 0 Å². The molecule has 3 rings (SSSR count). The van der Waals surface area contributed by atoms with Crippen molar-refractivity contribution in [3.8, 4) is 11.5 Å². The summed E-state index contributed by atoms with van der Waals surface area (Å²) < 4.78 is 5.32. The van der Waals surface area contributed by atoms with E-state index in [1.165, 1.54) is 0 Å². The van der Waals surface area contributed by atoms with Crippen molar-refractivity contribution in [3.63, 3.8) is 0 Å². The van der Waals surface area contributed by atoms with Crippen LogP contribution in [0.5, 0.6) is 0 Å². The fourth-order valence-corrected chi connectivity index (χ4v) is 4.59. The van der Waals surface area contributed by atoms with Gasteiger partial charge in [-0.25, -0.2) is 4.79 Å². The lowest BCUT2D eigenvalue weighted by Crippen LogP contribution is -2.61. The number of furan rings is 1. The van der Waals surface area contributed by atoms with Crippen molar-refractivity contribution in [3.05, 3.63) is 42.3 Å². The first-order chi connectivity index (χ1) is 15.7. The van der Waals surface area contributed by atoms with Crippen LogP contribution in [0, 0.1) is 5.92 Å². The van der Waals surface area contributed by atoms with Gasteiger partial charge in [0.05, 0.1) is 11.5 Å². The number of rotatable bonds is 10. The highest BCUT2D eigenvalue weighted by Gasteiger charge is 2.44. The van der Waals surface area contributed by atoms with Crippen LogP contribution in [0.2, 0.25) is 0 Å². The van der Waals surface area contributed by atoms with Crippen LogP contribution >= 0.6 is 12.6 Å². The highest BCUT2D eigenvalue weighted by molar-refractivity contribution is 7.81. The molecule has 0 bridgehead atoms. The molecule has 2 aromatic heterocycles. The van der Waals surface area contributed by atoms with Gasteiger partial charge in [0.1, 0.15) is 17.3 Å². The minimum atomic E-state index is -1.15. The second kappa shape index (κ2) is 10.9. The summed E-state index contributed by atoms with van der Waals surface area (Å²) in [7, 11) is 0. The average molecular weight is 474 g/mol. The van der Waals surface area contributed by atoms with E-state index in [1.54, 1.807) is 36.7 Å². The maximum atomic E-state index is 13.2. The Bertz CT molecular complexity index is 953. The Labute approximate surface area is 199 Å². The van der Waals surface area contributed by atoms with Gasteiger partial charge in [-0.15, -0.1) is 0 Å². The summed E-state index contributed by atoms with van der Waals surface area (Å²) in [6.45, 7) is 4.00. The molecule has 2 unspecified atom stereocenters. The predicted octanol–water partition coefficient (Wildman–Crippen LogP) is 3.23. The summed E-state index contributed by atoms with van der Waals surface area (Å²) in [4.78, 5) is 42.1. The van der Waals surface area contributed by atoms with E-state index >= 15 is 0 Å². The molecule has 2 atom stereocenters. The van der Waals surface area contributed by atoms with E-state index in [0.29, 0.717) is 36.3 Å². The molecule has 0 spiro atoms. The number of carbonyl (C=O) groups is 3. The van der Waals surface area contributed by atoms with E-state index in [4.69, 9.17) is 4.42 Å². The predicted molar refractivity (Wildman–Crippen MR) is 127 cm³/mol. The Hall–Kier alpha value is -2.81. The maximum absolute atomic E-state index is 13.2. The Morgan fingerprint density at radius 1 is 1.21 bits per heavy atom. The molecule has 0 aliphatic heterocycles. The number of amides is 2. The number of hydrogen-bond donors (Lipinski definition) is 4. The summed E-state index contributed by atoms with van der Waals surface area (Å²) in [6, 6.07) is 5.91. The first kappa shape index (κ1) is 24.8. The van der Waals surface area contributed by atoms with Gasteiger partial charge in [-0.05, 0) is 48.9 Å². The Morgan fingerprint density at radius 3 is 2.48 bits per heavy atom. The standard InChI is InChI=1S/C24H31N3O5S/c1-15(2)12-20(33)21(28)27-24(9-3-4-10-24)23(31)26-18(22(29)30)13-16-7-8-17(25-14-16)19-6-5-11-32-19/h5-8,11,14-15,18,20,33H,3-4,9-10,12-13H2,1-2H3,(H,26,31)(H,27,28)(H,29,30). The first-order valence-electron chi connectivity index (χ1n) is 11.2. The number of nitrogens with zero attached hydrogens (tertiary/aromatic N) is 1. The summed E-state index contributed by atoms with van der Waals surface area (Å²) in [5, 5.41) is 14.7. The van der Waals surface area contributed by atoms with Gasteiger partial charge in [-0.2, -0.15) is 12.6 Å². The summed E-state index contributed by atoms with van der Waals surface area (Å²) in [5.74, 6) is -1.01. The molecule has 1 aliphatic carbocycles. The van der Waals surface area contributed by atoms with Crippen LogP contribution < -0.4 is 10.6 Å². The minimum absolute atomic E-state index is 0.0685. The van der Waals surface area contributed by atoms with Crippen molar-refractivity contribution in [1.29, 1.82) is 0 Å². The lowest BCUT2D eigenvalue weighted by Gasteiger charge is -2.31. The molecule has 1 aliphatic rings. The van der Waals surface area contributed by atoms with Crippen LogP contribution in [0.25, 0.3) is 11.5 Å². The van der Waals surface area contributed by atoms with Gasteiger partial charge in [0, 0.05) is 12.6 Å². The molecule has 8 nitrogen and oxygen atoms in total.